The Morgan fingerprint density at radius 3 is 2.10 bits per heavy atom. The average Bonchev–Trinajstić information content (AvgIpc) is 1.83. The predicted octanol–water partition coefficient (Wildman–Crippen LogP) is 2.55. The fourth-order valence-electron chi connectivity index (χ4n) is 0.521. The van der Waals surface area contributed by atoms with Crippen LogP contribution in [0.15, 0.2) is 12.7 Å². The van der Waals surface area contributed by atoms with E-state index in [9.17, 15) is 4.79 Å². The van der Waals surface area contributed by atoms with E-state index < -0.39 is 0 Å². The molecule has 58 valence electrons. The monoisotopic (exact) mass is 204 g/mol. The summed E-state index contributed by atoms with van der Waals surface area (Å²) < 4.78 is 0. The Morgan fingerprint density at radius 1 is 1.60 bits per heavy atom. The number of allylic oxidation sites excluding steroid dienone is 1. The topological polar surface area (TPSA) is 17.1 Å². The molecule has 0 fully saturated rings. The van der Waals surface area contributed by atoms with E-state index >= 15 is 0 Å². The third kappa shape index (κ3) is 2.65. The third-order valence-corrected chi connectivity index (χ3v) is 1.99. The van der Waals surface area contributed by atoms with Crippen LogP contribution in [0.2, 0.25) is 0 Å². The van der Waals surface area contributed by atoms with Crippen molar-refractivity contribution in [1.82, 2.24) is 0 Å². The van der Waals surface area contributed by atoms with Crippen molar-refractivity contribution < 1.29 is 4.79 Å². The van der Waals surface area contributed by atoms with Gasteiger partial charge >= 0.3 is 0 Å². The molecule has 0 aromatic heterocycles. The molecular formula is C8H13BrO. The second-order valence-electron chi connectivity index (χ2n) is 3.25. The van der Waals surface area contributed by atoms with Gasteiger partial charge < -0.3 is 0 Å². The molecule has 1 atom stereocenters. The fourth-order valence-corrected chi connectivity index (χ4v) is 1.21. The van der Waals surface area contributed by atoms with Crippen molar-refractivity contribution in [2.45, 2.75) is 25.6 Å². The van der Waals surface area contributed by atoms with Crippen LogP contribution in [0.4, 0.5) is 0 Å². The molecule has 0 N–H and O–H groups in total. The summed E-state index contributed by atoms with van der Waals surface area (Å²) in [6.45, 7) is 9.22. The molecule has 0 rings (SSSR count). The third-order valence-electron chi connectivity index (χ3n) is 1.20. The largest absolute Gasteiger partial charge is 0.297 e. The van der Waals surface area contributed by atoms with Gasteiger partial charge in [-0.05, 0) is 0 Å². The molecule has 0 aromatic rings. The highest BCUT2D eigenvalue weighted by molar-refractivity contribution is 9.10. The zero-order valence-electron chi connectivity index (χ0n) is 6.65. The minimum atomic E-state index is -0.275. The van der Waals surface area contributed by atoms with Gasteiger partial charge in [0.1, 0.15) is 0 Å². The van der Waals surface area contributed by atoms with Crippen molar-refractivity contribution in [2.75, 3.05) is 0 Å². The highest BCUT2D eigenvalue weighted by atomic mass is 79.9. The molecule has 1 nitrogen and oxygen atoms in total. The zero-order chi connectivity index (χ0) is 8.36. The van der Waals surface area contributed by atoms with Crippen LogP contribution in [-0.4, -0.2) is 10.6 Å². The summed E-state index contributed by atoms with van der Waals surface area (Å²) >= 11 is 3.21. The molecule has 1 unspecified atom stereocenters. The van der Waals surface area contributed by atoms with Crippen molar-refractivity contribution in [2.24, 2.45) is 5.41 Å². The summed E-state index contributed by atoms with van der Waals surface area (Å²) in [5.41, 5.74) is -0.275. The van der Waals surface area contributed by atoms with Crippen LogP contribution < -0.4 is 0 Å². The van der Waals surface area contributed by atoms with Crippen LogP contribution in [0, 0.1) is 5.41 Å². The molecule has 0 radical (unpaired) electrons. The van der Waals surface area contributed by atoms with Crippen molar-refractivity contribution in [1.29, 1.82) is 0 Å². The Morgan fingerprint density at radius 2 is 2.00 bits per heavy atom. The maximum absolute atomic E-state index is 11.3. The first-order valence-electron chi connectivity index (χ1n) is 3.20. The standard InChI is InChI=1S/C8H13BrO/c1-5-6(9)7(10)8(2,3)4/h5-6H,1H2,2-4H3. The number of ketones is 1. The maximum atomic E-state index is 11.3. The molecule has 10 heavy (non-hydrogen) atoms. The Bertz CT molecular complexity index is 144. The summed E-state index contributed by atoms with van der Waals surface area (Å²) in [6.07, 6.45) is 1.60. The number of rotatable bonds is 2. The normalized spacial score (nSPS) is 14.4. The molecule has 0 heterocycles. The van der Waals surface area contributed by atoms with Crippen LogP contribution in [0.3, 0.4) is 0 Å². The van der Waals surface area contributed by atoms with Gasteiger partial charge in [0, 0.05) is 5.41 Å². The second kappa shape index (κ2) is 3.33. The number of Topliss-reactive ketones (excluding diaryl/α,β-unsaturated/α-hetero) is 1. The highest BCUT2D eigenvalue weighted by Gasteiger charge is 2.25. The van der Waals surface area contributed by atoms with Gasteiger partial charge in [0.15, 0.2) is 5.78 Å². The summed E-state index contributed by atoms with van der Waals surface area (Å²) in [5, 5.41) is 0. The predicted molar refractivity (Wildman–Crippen MR) is 47.4 cm³/mol. The molecule has 0 bridgehead atoms. The lowest BCUT2D eigenvalue weighted by Crippen LogP contribution is -2.27. The summed E-state index contributed by atoms with van der Waals surface area (Å²) in [6, 6.07) is 0. The first-order chi connectivity index (χ1) is 4.39. The number of carbonyl (C=O) groups is 1. The van der Waals surface area contributed by atoms with E-state index in [0.717, 1.165) is 0 Å². The quantitative estimate of drug-likeness (QED) is 0.500. The minimum absolute atomic E-state index is 0.169. The zero-order valence-corrected chi connectivity index (χ0v) is 8.23. The molecule has 2 heteroatoms. The van der Waals surface area contributed by atoms with Crippen molar-refractivity contribution in [3.63, 3.8) is 0 Å². The van der Waals surface area contributed by atoms with E-state index in [0.29, 0.717) is 0 Å². The molecule has 0 aliphatic rings. The highest BCUT2D eigenvalue weighted by Crippen LogP contribution is 2.20. The Kier molecular flexibility index (Phi) is 3.29. The van der Waals surface area contributed by atoms with E-state index in [4.69, 9.17) is 0 Å². The first-order valence-corrected chi connectivity index (χ1v) is 4.12. The van der Waals surface area contributed by atoms with Gasteiger partial charge in [0.25, 0.3) is 0 Å². The van der Waals surface area contributed by atoms with Crippen molar-refractivity contribution >= 4 is 21.7 Å². The smallest absolute Gasteiger partial charge is 0.155 e. The number of hydrogen-bond donors (Lipinski definition) is 0. The fraction of sp³-hybridized carbons (Fsp3) is 0.625. The SMILES string of the molecule is C=CC(Br)C(=O)C(C)(C)C. The van der Waals surface area contributed by atoms with E-state index in [1.54, 1.807) is 6.08 Å². The Labute approximate surface area is 70.6 Å². The lowest BCUT2D eigenvalue weighted by molar-refractivity contribution is -0.124. The lowest BCUT2D eigenvalue weighted by Gasteiger charge is -2.18. The summed E-state index contributed by atoms with van der Waals surface area (Å²) in [4.78, 5) is 11.1. The molecular weight excluding hydrogens is 192 g/mol. The minimum Gasteiger partial charge on any atom is -0.297 e. The molecule has 0 saturated carbocycles. The van der Waals surface area contributed by atoms with Crippen molar-refractivity contribution in [3.8, 4) is 0 Å². The van der Waals surface area contributed by atoms with Crippen LogP contribution in [0.25, 0.3) is 0 Å². The molecule has 0 aliphatic carbocycles. The Balaban J connectivity index is 4.22. The first kappa shape index (κ1) is 9.89. The molecule has 0 amide bonds. The van der Waals surface area contributed by atoms with E-state index in [1.807, 2.05) is 20.8 Å². The van der Waals surface area contributed by atoms with Gasteiger partial charge in [0.2, 0.25) is 0 Å². The van der Waals surface area contributed by atoms with Gasteiger partial charge in [-0.3, -0.25) is 4.79 Å². The van der Waals surface area contributed by atoms with Gasteiger partial charge in [-0.15, -0.1) is 6.58 Å². The van der Waals surface area contributed by atoms with Crippen LogP contribution in [0.5, 0.6) is 0 Å². The van der Waals surface area contributed by atoms with Crippen molar-refractivity contribution in [3.05, 3.63) is 12.7 Å². The number of carbonyl (C=O) groups excluding carboxylic acids is 1. The van der Waals surface area contributed by atoms with Gasteiger partial charge in [-0.1, -0.05) is 42.8 Å². The molecule has 0 aliphatic heterocycles. The van der Waals surface area contributed by atoms with E-state index in [1.165, 1.54) is 0 Å². The van der Waals surface area contributed by atoms with Gasteiger partial charge in [-0.25, -0.2) is 0 Å². The van der Waals surface area contributed by atoms with Crippen LogP contribution in [0.1, 0.15) is 20.8 Å². The van der Waals surface area contributed by atoms with Gasteiger partial charge in [0.05, 0.1) is 4.83 Å². The molecule has 0 saturated heterocycles. The average molecular weight is 205 g/mol. The summed E-state index contributed by atoms with van der Waals surface area (Å²) in [7, 11) is 0. The number of halogens is 1. The van der Waals surface area contributed by atoms with E-state index in [-0.39, 0.29) is 16.0 Å². The lowest BCUT2D eigenvalue weighted by atomic mass is 9.89. The van der Waals surface area contributed by atoms with Gasteiger partial charge in [-0.2, -0.15) is 0 Å². The van der Waals surface area contributed by atoms with Crippen LogP contribution >= 0.6 is 15.9 Å². The number of hydrogen-bond acceptors (Lipinski definition) is 1. The van der Waals surface area contributed by atoms with E-state index in [2.05, 4.69) is 22.5 Å². The summed E-state index contributed by atoms with van der Waals surface area (Å²) in [5.74, 6) is 0.169. The molecule has 0 spiro atoms. The molecule has 0 aromatic carbocycles. The van der Waals surface area contributed by atoms with Crippen LogP contribution in [-0.2, 0) is 4.79 Å². The Hall–Kier alpha value is -0.110. The number of alkyl halides is 1. The second-order valence-corrected chi connectivity index (χ2v) is 4.24. The maximum Gasteiger partial charge on any atom is 0.155 e.